The van der Waals surface area contributed by atoms with Gasteiger partial charge in [0.15, 0.2) is 0 Å². The molecular formula is C20H29F2NO2. The van der Waals surface area contributed by atoms with Crippen molar-refractivity contribution in [3.63, 3.8) is 0 Å². The van der Waals surface area contributed by atoms with E-state index in [0.717, 1.165) is 19.3 Å². The van der Waals surface area contributed by atoms with Crippen molar-refractivity contribution >= 4 is 5.91 Å². The van der Waals surface area contributed by atoms with Crippen LogP contribution in [0.1, 0.15) is 45.6 Å². The highest BCUT2D eigenvalue weighted by atomic mass is 19.3. The molecule has 25 heavy (non-hydrogen) atoms. The molecule has 3 nitrogen and oxygen atoms in total. The summed E-state index contributed by atoms with van der Waals surface area (Å²) in [7, 11) is 1.44. The molecule has 0 aromatic heterocycles. The van der Waals surface area contributed by atoms with Crippen molar-refractivity contribution < 1.29 is 18.3 Å². The lowest BCUT2D eigenvalue weighted by Gasteiger charge is -2.36. The van der Waals surface area contributed by atoms with Crippen LogP contribution in [0, 0.1) is 23.7 Å². The normalized spacial score (nSPS) is 24.2. The van der Waals surface area contributed by atoms with Crippen molar-refractivity contribution in [3.8, 4) is 5.75 Å². The van der Waals surface area contributed by atoms with Gasteiger partial charge in [0.25, 0.3) is 5.92 Å². The number of rotatable bonds is 6. The maximum Gasteiger partial charge on any atom is 0.290 e. The maximum atomic E-state index is 14.5. The number of hydrogen-bond acceptors (Lipinski definition) is 2. The first-order chi connectivity index (χ1) is 11.7. The molecule has 0 radical (unpaired) electrons. The smallest absolute Gasteiger partial charge is 0.290 e. The minimum absolute atomic E-state index is 0.149. The molecule has 1 aliphatic rings. The average molecular weight is 353 g/mol. The largest absolute Gasteiger partial charge is 0.497 e. The summed E-state index contributed by atoms with van der Waals surface area (Å²) in [6.07, 6.45) is 2.87. The molecule has 1 amide bonds. The third-order valence-corrected chi connectivity index (χ3v) is 5.34. The zero-order chi connectivity index (χ0) is 18.6. The number of benzene rings is 1. The summed E-state index contributed by atoms with van der Waals surface area (Å²) >= 11 is 0. The van der Waals surface area contributed by atoms with Crippen molar-refractivity contribution in [1.82, 2.24) is 5.32 Å². The highest BCUT2D eigenvalue weighted by molar-refractivity contribution is 5.79. The lowest BCUT2D eigenvalue weighted by molar-refractivity contribution is -0.131. The third-order valence-electron chi connectivity index (χ3n) is 5.34. The average Bonchev–Trinajstić information content (AvgIpc) is 2.59. The standard InChI is InChI=1S/C20H29F2NO2/c1-13(2)17-9-8-14(3)10-18(17)19(24)23-12-20(21,22)15-6-5-7-16(11-15)25-4/h5-7,11,13-14,17-18H,8-10,12H2,1-4H3,(H,23,24)/t14?,17-,18+/m0/s1. The third kappa shape index (κ3) is 4.93. The molecule has 2 rings (SSSR count). The molecule has 1 aromatic rings. The Morgan fingerprint density at radius 2 is 2.08 bits per heavy atom. The quantitative estimate of drug-likeness (QED) is 0.811. The predicted octanol–water partition coefficient (Wildman–Crippen LogP) is 4.61. The monoisotopic (exact) mass is 353 g/mol. The maximum absolute atomic E-state index is 14.5. The van der Waals surface area contributed by atoms with Crippen molar-refractivity contribution in [3.05, 3.63) is 29.8 Å². The van der Waals surface area contributed by atoms with E-state index in [1.165, 1.54) is 25.3 Å². The predicted molar refractivity (Wildman–Crippen MR) is 94.7 cm³/mol. The number of halogens is 2. The summed E-state index contributed by atoms with van der Waals surface area (Å²) in [6.45, 7) is 5.65. The molecule has 1 aromatic carbocycles. The lowest BCUT2D eigenvalue weighted by Crippen LogP contribution is -2.43. The molecule has 140 valence electrons. The van der Waals surface area contributed by atoms with E-state index in [1.807, 2.05) is 0 Å². The van der Waals surface area contributed by atoms with Gasteiger partial charge in [-0.1, -0.05) is 39.3 Å². The molecule has 1 saturated carbocycles. The minimum atomic E-state index is -3.13. The number of amides is 1. The van der Waals surface area contributed by atoms with Crippen LogP contribution >= 0.6 is 0 Å². The van der Waals surface area contributed by atoms with Gasteiger partial charge in [0.2, 0.25) is 5.91 Å². The molecule has 1 aliphatic carbocycles. The van der Waals surface area contributed by atoms with E-state index in [4.69, 9.17) is 4.74 Å². The Balaban J connectivity index is 2.03. The highest BCUT2D eigenvalue weighted by Crippen LogP contribution is 2.38. The Kier molecular flexibility index (Phi) is 6.42. The second-order valence-corrected chi connectivity index (χ2v) is 7.59. The van der Waals surface area contributed by atoms with E-state index in [1.54, 1.807) is 6.07 Å². The lowest BCUT2D eigenvalue weighted by atomic mass is 9.70. The van der Waals surface area contributed by atoms with Crippen molar-refractivity contribution in [1.29, 1.82) is 0 Å². The summed E-state index contributed by atoms with van der Waals surface area (Å²) in [5.41, 5.74) is -0.149. The van der Waals surface area contributed by atoms with Gasteiger partial charge in [-0.25, -0.2) is 0 Å². The van der Waals surface area contributed by atoms with Crippen LogP contribution in [-0.2, 0) is 10.7 Å². The van der Waals surface area contributed by atoms with Crippen molar-refractivity contribution in [2.75, 3.05) is 13.7 Å². The number of carbonyl (C=O) groups is 1. The molecule has 1 N–H and O–H groups in total. The van der Waals surface area contributed by atoms with E-state index < -0.39 is 12.5 Å². The molecule has 0 heterocycles. The van der Waals surface area contributed by atoms with E-state index >= 15 is 0 Å². The van der Waals surface area contributed by atoms with Crippen LogP contribution in [0.5, 0.6) is 5.75 Å². The summed E-state index contributed by atoms with van der Waals surface area (Å²) < 4.78 is 33.9. The number of alkyl halides is 2. The summed E-state index contributed by atoms with van der Waals surface area (Å²) in [5, 5.41) is 2.50. The number of ether oxygens (including phenoxy) is 1. The van der Waals surface area contributed by atoms with E-state index in [0.29, 0.717) is 17.6 Å². The van der Waals surface area contributed by atoms with Crippen molar-refractivity contribution in [2.24, 2.45) is 23.7 Å². The van der Waals surface area contributed by atoms with Gasteiger partial charge >= 0.3 is 0 Å². The Labute approximate surface area is 149 Å². The van der Waals surface area contributed by atoms with Crippen LogP contribution < -0.4 is 10.1 Å². The van der Waals surface area contributed by atoms with Gasteiger partial charge in [0.1, 0.15) is 5.75 Å². The summed E-state index contributed by atoms with van der Waals surface area (Å²) in [5.74, 6) is -2.06. The van der Waals surface area contributed by atoms with Gasteiger partial charge in [0, 0.05) is 11.5 Å². The van der Waals surface area contributed by atoms with Gasteiger partial charge in [0.05, 0.1) is 13.7 Å². The SMILES string of the molecule is COc1cccc(C(F)(F)CNC(=O)[C@@H]2CC(C)CC[C@H]2C(C)C)c1. The summed E-state index contributed by atoms with van der Waals surface area (Å²) in [4.78, 5) is 12.6. The van der Waals surface area contributed by atoms with Gasteiger partial charge in [-0.15, -0.1) is 0 Å². The van der Waals surface area contributed by atoms with Gasteiger partial charge in [-0.3, -0.25) is 4.79 Å². The first-order valence-electron chi connectivity index (χ1n) is 9.04. The van der Waals surface area contributed by atoms with Gasteiger partial charge in [-0.05, 0) is 42.7 Å². The molecule has 1 unspecified atom stereocenters. The van der Waals surface area contributed by atoms with Crippen LogP contribution in [0.15, 0.2) is 24.3 Å². The van der Waals surface area contributed by atoms with E-state index in [2.05, 4.69) is 26.1 Å². The molecule has 5 heteroatoms. The molecule has 0 spiro atoms. The Morgan fingerprint density at radius 3 is 2.72 bits per heavy atom. The number of nitrogens with one attached hydrogen (secondary N) is 1. The fourth-order valence-corrected chi connectivity index (χ4v) is 3.79. The van der Waals surface area contributed by atoms with Gasteiger partial charge in [-0.2, -0.15) is 8.78 Å². The van der Waals surface area contributed by atoms with E-state index in [9.17, 15) is 13.6 Å². The molecular weight excluding hydrogens is 324 g/mol. The highest BCUT2D eigenvalue weighted by Gasteiger charge is 2.38. The van der Waals surface area contributed by atoms with Crippen LogP contribution in [0.3, 0.4) is 0 Å². The Bertz CT molecular complexity index is 589. The fourth-order valence-electron chi connectivity index (χ4n) is 3.79. The Morgan fingerprint density at radius 1 is 1.36 bits per heavy atom. The van der Waals surface area contributed by atoms with Crippen LogP contribution in [-0.4, -0.2) is 19.6 Å². The zero-order valence-electron chi connectivity index (χ0n) is 15.5. The first kappa shape index (κ1) is 19.7. The van der Waals surface area contributed by atoms with Crippen molar-refractivity contribution in [2.45, 2.75) is 46.0 Å². The number of methoxy groups -OCH3 is 1. The van der Waals surface area contributed by atoms with Crippen LogP contribution in [0.2, 0.25) is 0 Å². The van der Waals surface area contributed by atoms with Crippen LogP contribution in [0.4, 0.5) is 8.78 Å². The second-order valence-electron chi connectivity index (χ2n) is 7.59. The fraction of sp³-hybridized carbons (Fsp3) is 0.650. The number of carbonyl (C=O) groups excluding carboxylic acids is 1. The Hall–Kier alpha value is -1.65. The topological polar surface area (TPSA) is 38.3 Å². The van der Waals surface area contributed by atoms with Crippen LogP contribution in [0.25, 0.3) is 0 Å². The minimum Gasteiger partial charge on any atom is -0.497 e. The van der Waals surface area contributed by atoms with E-state index in [-0.39, 0.29) is 23.3 Å². The second kappa shape index (κ2) is 8.15. The molecule has 0 saturated heterocycles. The molecule has 3 atom stereocenters. The molecule has 0 aliphatic heterocycles. The molecule has 0 bridgehead atoms. The zero-order valence-corrected chi connectivity index (χ0v) is 15.5. The van der Waals surface area contributed by atoms with Gasteiger partial charge < -0.3 is 10.1 Å². The number of hydrogen-bond donors (Lipinski definition) is 1. The molecule has 1 fully saturated rings. The summed E-state index contributed by atoms with van der Waals surface area (Å²) in [6, 6.07) is 5.82. The first-order valence-corrected chi connectivity index (χ1v) is 9.04.